The van der Waals surface area contributed by atoms with E-state index >= 15 is 0 Å². The highest BCUT2D eigenvalue weighted by Gasteiger charge is 2.44. The Kier molecular flexibility index (Phi) is 6.12. The van der Waals surface area contributed by atoms with Crippen LogP contribution in [0.4, 0.5) is 0 Å². The number of phenols is 1. The van der Waals surface area contributed by atoms with Gasteiger partial charge in [-0.3, -0.25) is 0 Å². The lowest BCUT2D eigenvalue weighted by Crippen LogP contribution is -2.54. The highest BCUT2D eigenvalue weighted by molar-refractivity contribution is 5.64. The second-order valence-corrected chi connectivity index (χ2v) is 10.1. The topological polar surface area (TPSA) is 99.4 Å². The molecule has 6 heteroatoms. The van der Waals surface area contributed by atoms with Crippen LogP contribution < -0.4 is 4.74 Å². The second kappa shape index (κ2) is 8.39. The van der Waals surface area contributed by atoms with Gasteiger partial charge in [0.25, 0.3) is 0 Å². The third kappa shape index (κ3) is 3.78. The highest BCUT2D eigenvalue weighted by Crippen LogP contribution is 2.58. The molecule has 0 saturated carbocycles. The van der Waals surface area contributed by atoms with Gasteiger partial charge in [0.05, 0.1) is 6.61 Å². The first-order valence-corrected chi connectivity index (χ1v) is 11.5. The number of aliphatic hydroxyl groups is 3. The molecule has 4 N–H and O–H groups in total. The largest absolute Gasteiger partial charge is 0.504 e. The number of aromatic hydroxyl groups is 1. The maximum absolute atomic E-state index is 11.3. The van der Waals surface area contributed by atoms with Crippen LogP contribution in [0.15, 0.2) is 11.6 Å². The fraction of sp³-hybridized carbons (Fsp3) is 0.680. The summed E-state index contributed by atoms with van der Waals surface area (Å²) in [6, 6.07) is 0. The molecule has 4 unspecified atom stereocenters. The van der Waals surface area contributed by atoms with Gasteiger partial charge in [-0.15, -0.1) is 0 Å². The van der Waals surface area contributed by atoms with Gasteiger partial charge in [-0.25, -0.2) is 0 Å². The van der Waals surface area contributed by atoms with Gasteiger partial charge < -0.3 is 29.9 Å². The van der Waals surface area contributed by atoms with Crippen LogP contribution in [0.1, 0.15) is 87.0 Å². The SMILES string of the molecule is CC(C)=C[C@H]1C[C@@H](C)[C@@H]2CC[C@@H](C)c3c(OC4OCC(O)C(O)C4O)c(O)c(C)c1c32. The quantitative estimate of drug-likeness (QED) is 0.545. The number of hydrogen-bond acceptors (Lipinski definition) is 6. The molecular weight excluding hydrogens is 396 g/mol. The van der Waals surface area contributed by atoms with Gasteiger partial charge in [0.1, 0.15) is 18.3 Å². The van der Waals surface area contributed by atoms with E-state index in [1.807, 2.05) is 6.92 Å². The van der Waals surface area contributed by atoms with Crippen molar-refractivity contribution in [1.82, 2.24) is 0 Å². The minimum Gasteiger partial charge on any atom is -0.504 e. The zero-order valence-corrected chi connectivity index (χ0v) is 19.1. The van der Waals surface area contributed by atoms with Gasteiger partial charge in [0.2, 0.25) is 6.29 Å². The predicted octanol–water partition coefficient (Wildman–Crippen LogP) is 3.59. The molecule has 1 aromatic carbocycles. The van der Waals surface area contributed by atoms with Gasteiger partial charge in [0, 0.05) is 11.5 Å². The van der Waals surface area contributed by atoms with Crippen molar-refractivity contribution >= 4 is 0 Å². The van der Waals surface area contributed by atoms with Crippen molar-refractivity contribution in [3.63, 3.8) is 0 Å². The van der Waals surface area contributed by atoms with E-state index in [-0.39, 0.29) is 24.2 Å². The molecule has 1 aliphatic heterocycles. The smallest absolute Gasteiger partial charge is 0.229 e. The average Bonchev–Trinajstić information content (AvgIpc) is 2.70. The summed E-state index contributed by atoms with van der Waals surface area (Å²) in [6.45, 7) is 10.5. The molecule has 31 heavy (non-hydrogen) atoms. The number of hydrogen-bond donors (Lipinski definition) is 4. The zero-order valence-electron chi connectivity index (χ0n) is 19.1. The summed E-state index contributed by atoms with van der Waals surface area (Å²) in [5, 5.41) is 41.5. The number of aliphatic hydroxyl groups excluding tert-OH is 3. The monoisotopic (exact) mass is 432 g/mol. The van der Waals surface area contributed by atoms with Crippen molar-refractivity contribution in [3.05, 3.63) is 33.9 Å². The van der Waals surface area contributed by atoms with Crippen LogP contribution in [-0.4, -0.2) is 51.6 Å². The van der Waals surface area contributed by atoms with Gasteiger partial charge in [-0.05, 0) is 74.5 Å². The Morgan fingerprint density at radius 3 is 2.42 bits per heavy atom. The fourth-order valence-corrected chi connectivity index (χ4v) is 5.90. The molecule has 0 spiro atoms. The van der Waals surface area contributed by atoms with Crippen LogP contribution in [0.5, 0.6) is 11.5 Å². The summed E-state index contributed by atoms with van der Waals surface area (Å²) in [5.41, 5.74) is 5.59. The molecule has 3 aliphatic rings. The van der Waals surface area contributed by atoms with Crippen molar-refractivity contribution in [2.45, 2.75) is 96.2 Å². The Morgan fingerprint density at radius 2 is 1.74 bits per heavy atom. The van der Waals surface area contributed by atoms with Gasteiger partial charge in [0.15, 0.2) is 11.5 Å². The van der Waals surface area contributed by atoms with Crippen molar-refractivity contribution in [3.8, 4) is 11.5 Å². The number of rotatable bonds is 3. The van der Waals surface area contributed by atoms with E-state index in [0.717, 1.165) is 30.4 Å². The zero-order chi connectivity index (χ0) is 22.6. The maximum atomic E-state index is 11.3. The summed E-state index contributed by atoms with van der Waals surface area (Å²) in [6.07, 6.45) is 0.402. The third-order valence-electron chi connectivity index (χ3n) is 7.48. The molecule has 1 heterocycles. The van der Waals surface area contributed by atoms with Crippen molar-refractivity contribution in [1.29, 1.82) is 0 Å². The van der Waals surface area contributed by atoms with E-state index in [9.17, 15) is 20.4 Å². The summed E-state index contributed by atoms with van der Waals surface area (Å²) in [4.78, 5) is 0. The second-order valence-electron chi connectivity index (χ2n) is 10.1. The normalized spacial score (nSPS) is 37.2. The van der Waals surface area contributed by atoms with Crippen molar-refractivity contribution < 1.29 is 29.9 Å². The first-order valence-electron chi connectivity index (χ1n) is 11.5. The first-order chi connectivity index (χ1) is 14.6. The Bertz CT molecular complexity index is 873. The molecule has 2 aliphatic carbocycles. The fourth-order valence-electron chi connectivity index (χ4n) is 5.90. The van der Waals surface area contributed by atoms with Crippen LogP contribution >= 0.6 is 0 Å². The Labute approximate surface area is 184 Å². The maximum Gasteiger partial charge on any atom is 0.229 e. The first kappa shape index (κ1) is 22.6. The van der Waals surface area contributed by atoms with E-state index < -0.39 is 24.6 Å². The molecule has 0 amide bonds. The Hall–Kier alpha value is -1.60. The summed E-state index contributed by atoms with van der Waals surface area (Å²) >= 11 is 0. The number of allylic oxidation sites excluding steroid dienone is 2. The van der Waals surface area contributed by atoms with E-state index in [1.54, 1.807) is 0 Å². The van der Waals surface area contributed by atoms with E-state index in [0.29, 0.717) is 17.6 Å². The standard InChI is InChI=1S/C25H36O6/c1-11(2)8-15-9-13(4)16-7-6-12(3)18-20(16)19(15)14(5)21(27)24(18)31-25-23(29)22(28)17(26)10-30-25/h8,12-13,15-17,22-23,25-29H,6-7,9-10H2,1-5H3/t12-,13-,15+,16+,17?,22?,23?,25?/m1/s1. The average molecular weight is 433 g/mol. The molecule has 1 fully saturated rings. The lowest BCUT2D eigenvalue weighted by Gasteiger charge is -2.44. The lowest BCUT2D eigenvalue weighted by molar-refractivity contribution is -0.242. The molecule has 0 aromatic heterocycles. The van der Waals surface area contributed by atoms with Gasteiger partial charge in [-0.1, -0.05) is 25.5 Å². The number of benzene rings is 1. The molecular formula is C25H36O6. The highest BCUT2D eigenvalue weighted by atomic mass is 16.7. The summed E-state index contributed by atoms with van der Waals surface area (Å²) < 4.78 is 11.6. The summed E-state index contributed by atoms with van der Waals surface area (Å²) in [7, 11) is 0. The van der Waals surface area contributed by atoms with Crippen molar-refractivity contribution in [2.75, 3.05) is 6.61 Å². The van der Waals surface area contributed by atoms with Crippen LogP contribution in [0.3, 0.4) is 0 Å². The van der Waals surface area contributed by atoms with Crippen LogP contribution in [-0.2, 0) is 4.74 Å². The Morgan fingerprint density at radius 1 is 1.03 bits per heavy atom. The molecule has 172 valence electrons. The minimum absolute atomic E-state index is 0.0828. The van der Waals surface area contributed by atoms with Crippen molar-refractivity contribution in [2.24, 2.45) is 5.92 Å². The van der Waals surface area contributed by atoms with E-state index in [1.165, 1.54) is 16.7 Å². The third-order valence-corrected chi connectivity index (χ3v) is 7.48. The van der Waals surface area contributed by atoms with Gasteiger partial charge >= 0.3 is 0 Å². The van der Waals surface area contributed by atoms with Crippen LogP contribution in [0, 0.1) is 12.8 Å². The van der Waals surface area contributed by atoms with E-state index in [4.69, 9.17) is 9.47 Å². The Balaban J connectivity index is 1.86. The minimum atomic E-state index is -1.40. The number of phenolic OH excluding ortho intramolecular Hbond substituents is 1. The molecule has 8 atom stereocenters. The van der Waals surface area contributed by atoms with Crippen LogP contribution in [0.2, 0.25) is 0 Å². The predicted molar refractivity (Wildman–Crippen MR) is 118 cm³/mol. The molecule has 0 radical (unpaired) electrons. The molecule has 1 aromatic rings. The van der Waals surface area contributed by atoms with Gasteiger partial charge in [-0.2, -0.15) is 0 Å². The lowest BCUT2D eigenvalue weighted by atomic mass is 9.62. The molecule has 1 saturated heterocycles. The van der Waals surface area contributed by atoms with Crippen LogP contribution in [0.25, 0.3) is 0 Å². The summed E-state index contributed by atoms with van der Waals surface area (Å²) in [5.74, 6) is 1.81. The number of ether oxygens (including phenoxy) is 2. The van der Waals surface area contributed by atoms with E-state index in [2.05, 4.69) is 33.8 Å². The molecule has 0 bridgehead atoms. The molecule has 6 nitrogen and oxygen atoms in total. The molecule has 4 rings (SSSR count).